The molecule has 8 nitrogen and oxygen atoms in total. The Kier molecular flexibility index (Phi) is 8.08. The van der Waals surface area contributed by atoms with Gasteiger partial charge in [-0.15, -0.1) is 0 Å². The summed E-state index contributed by atoms with van der Waals surface area (Å²) < 4.78 is 39.1. The summed E-state index contributed by atoms with van der Waals surface area (Å²) in [6.07, 6.45) is 4.42. The van der Waals surface area contributed by atoms with Gasteiger partial charge in [0, 0.05) is 25.2 Å². The van der Waals surface area contributed by atoms with E-state index in [2.05, 4.69) is 30.4 Å². The zero-order chi connectivity index (χ0) is 30.4. The number of fused-ring (bicyclic) bond motifs is 5. The molecule has 0 saturated heterocycles. The second-order valence-electron chi connectivity index (χ2n) is 12.9. The molecule has 3 aromatic rings. The van der Waals surface area contributed by atoms with Crippen molar-refractivity contribution >= 4 is 15.8 Å². The molecule has 6 atom stereocenters. The lowest BCUT2D eigenvalue weighted by Crippen LogP contribution is -2.46. The van der Waals surface area contributed by atoms with Crippen LogP contribution in [0, 0.1) is 40.2 Å². The molecule has 9 heteroatoms. The second-order valence-corrected chi connectivity index (χ2v) is 14.4. The average molecular weight is 605 g/mol. The number of hydrogen-bond donors (Lipinski definition) is 1. The minimum absolute atomic E-state index is 0.00397. The third kappa shape index (κ3) is 5.70. The molecule has 3 aliphatic carbocycles. The van der Waals surface area contributed by atoms with Crippen molar-refractivity contribution in [1.82, 2.24) is 5.32 Å². The van der Waals surface area contributed by atoms with Crippen molar-refractivity contribution < 1.29 is 22.3 Å². The molecular weight excluding hydrogens is 564 g/mol. The van der Waals surface area contributed by atoms with Gasteiger partial charge in [0.05, 0.1) is 23.0 Å². The number of nitrogens with zero attached hydrogens (tertiary/aromatic N) is 1. The number of ether oxygens (including phenoxy) is 1. The lowest BCUT2D eigenvalue weighted by Gasteiger charge is -2.50. The van der Waals surface area contributed by atoms with Gasteiger partial charge in [0.25, 0.3) is 15.8 Å². The molecule has 43 heavy (non-hydrogen) atoms. The number of rotatable bonds is 9. The zero-order valence-electron chi connectivity index (χ0n) is 25.0. The predicted molar refractivity (Wildman–Crippen MR) is 165 cm³/mol. The number of nitro groups is 1. The van der Waals surface area contributed by atoms with Crippen LogP contribution in [-0.2, 0) is 27.3 Å². The Morgan fingerprint density at radius 1 is 1.05 bits per heavy atom. The fraction of sp³-hybridized carbons (Fsp3) is 0.471. The third-order valence-electron chi connectivity index (χ3n) is 10.4. The van der Waals surface area contributed by atoms with Gasteiger partial charge in [0.15, 0.2) is 0 Å². The first-order valence-electron chi connectivity index (χ1n) is 15.2. The van der Waals surface area contributed by atoms with E-state index in [0.717, 1.165) is 49.0 Å². The Labute approximate surface area is 254 Å². The quantitative estimate of drug-likeness (QED) is 0.167. The molecule has 0 amide bonds. The van der Waals surface area contributed by atoms with Crippen molar-refractivity contribution in [3.05, 3.63) is 99.1 Å². The van der Waals surface area contributed by atoms with Gasteiger partial charge in [-0.2, -0.15) is 8.42 Å². The Morgan fingerprint density at radius 2 is 1.79 bits per heavy atom. The van der Waals surface area contributed by atoms with E-state index in [9.17, 15) is 18.5 Å². The highest BCUT2D eigenvalue weighted by Crippen LogP contribution is 2.63. The van der Waals surface area contributed by atoms with Gasteiger partial charge >= 0.3 is 0 Å². The third-order valence-corrected chi connectivity index (χ3v) is 11.7. The highest BCUT2D eigenvalue weighted by Gasteiger charge is 2.59. The summed E-state index contributed by atoms with van der Waals surface area (Å²) in [6, 6.07) is 19.9. The topological polar surface area (TPSA) is 108 Å². The van der Waals surface area contributed by atoms with E-state index in [1.165, 1.54) is 23.3 Å². The van der Waals surface area contributed by atoms with Crippen molar-refractivity contribution in [2.45, 2.75) is 69.4 Å². The molecule has 2 saturated carbocycles. The van der Waals surface area contributed by atoms with Gasteiger partial charge < -0.3 is 10.1 Å². The van der Waals surface area contributed by atoms with Crippen LogP contribution in [0.5, 0.6) is 5.75 Å². The lowest BCUT2D eigenvalue weighted by molar-refractivity contribution is -0.384. The monoisotopic (exact) mass is 604 g/mol. The lowest BCUT2D eigenvalue weighted by atomic mass is 9.55. The van der Waals surface area contributed by atoms with Gasteiger partial charge in [0.2, 0.25) is 0 Å². The van der Waals surface area contributed by atoms with Crippen molar-refractivity contribution in [3.8, 4) is 5.75 Å². The summed E-state index contributed by atoms with van der Waals surface area (Å²) in [7, 11) is -2.26. The average Bonchev–Trinajstić information content (AvgIpc) is 3.27. The summed E-state index contributed by atoms with van der Waals surface area (Å²) in [6.45, 7) is 5.32. The smallest absolute Gasteiger partial charge is 0.297 e. The van der Waals surface area contributed by atoms with Gasteiger partial charge in [-0.25, -0.2) is 0 Å². The molecule has 228 valence electrons. The van der Waals surface area contributed by atoms with Gasteiger partial charge in [-0.1, -0.05) is 42.8 Å². The van der Waals surface area contributed by atoms with Crippen molar-refractivity contribution in [2.24, 2.45) is 23.2 Å². The first-order valence-corrected chi connectivity index (χ1v) is 16.6. The van der Waals surface area contributed by atoms with Crippen molar-refractivity contribution in [3.63, 3.8) is 0 Å². The van der Waals surface area contributed by atoms with E-state index in [-0.39, 0.29) is 21.9 Å². The minimum atomic E-state index is -3.96. The van der Waals surface area contributed by atoms with Crippen molar-refractivity contribution in [1.29, 1.82) is 0 Å². The standard InChI is InChI=1S/C34H40N2O6S/c1-22-4-12-28(13-5-22)43(39,40)42-33-25(21-35-20-23-6-9-26(10-7-23)36(37)38)19-32-31-14-8-24-18-27(41-3)11-15-29(24)30(31)16-17-34(32,33)2/h4-7,9-13,15,18,25,30-33,35H,8,14,16-17,19-21H2,1-3H3/t25-,30+,31+,32-,33-,34-/m0/s1. The minimum Gasteiger partial charge on any atom is -0.497 e. The predicted octanol–water partition coefficient (Wildman–Crippen LogP) is 6.56. The molecule has 2 fully saturated rings. The molecule has 6 rings (SSSR count). The maximum atomic E-state index is 13.6. The van der Waals surface area contributed by atoms with Crippen LogP contribution >= 0.6 is 0 Å². The summed E-state index contributed by atoms with van der Waals surface area (Å²) in [4.78, 5) is 10.8. The highest BCUT2D eigenvalue weighted by molar-refractivity contribution is 7.86. The van der Waals surface area contributed by atoms with E-state index in [4.69, 9.17) is 8.92 Å². The molecule has 0 heterocycles. The van der Waals surface area contributed by atoms with E-state index in [1.54, 1.807) is 43.5 Å². The molecular formula is C34H40N2O6S. The van der Waals surface area contributed by atoms with Gasteiger partial charge in [0.1, 0.15) is 5.75 Å². The first kappa shape index (κ1) is 29.8. The summed E-state index contributed by atoms with van der Waals surface area (Å²) >= 11 is 0. The van der Waals surface area contributed by atoms with Crippen molar-refractivity contribution in [2.75, 3.05) is 13.7 Å². The number of nitrogens with one attached hydrogen (secondary N) is 1. The first-order chi connectivity index (χ1) is 20.6. The summed E-state index contributed by atoms with van der Waals surface area (Å²) in [5.74, 6) is 2.16. The van der Waals surface area contributed by atoms with Crippen LogP contribution in [0.15, 0.2) is 71.6 Å². The molecule has 1 N–H and O–H groups in total. The number of methoxy groups -OCH3 is 1. The largest absolute Gasteiger partial charge is 0.497 e. The Bertz CT molecular complexity index is 1590. The van der Waals surface area contributed by atoms with Gasteiger partial charge in [-0.05, 0) is 109 Å². The van der Waals surface area contributed by atoms with Crippen LogP contribution in [-0.4, -0.2) is 33.1 Å². The molecule has 0 spiro atoms. The number of benzene rings is 3. The van der Waals surface area contributed by atoms with Crippen LogP contribution in [0.25, 0.3) is 0 Å². The van der Waals surface area contributed by atoms with Crippen LogP contribution in [0.4, 0.5) is 5.69 Å². The Balaban J connectivity index is 1.26. The number of non-ortho nitro benzene ring substituents is 1. The normalized spacial score (nSPS) is 28.0. The van der Waals surface area contributed by atoms with E-state index >= 15 is 0 Å². The molecule has 0 unspecified atom stereocenters. The van der Waals surface area contributed by atoms with Gasteiger partial charge in [-0.3, -0.25) is 14.3 Å². The maximum Gasteiger partial charge on any atom is 0.297 e. The molecule has 0 radical (unpaired) electrons. The van der Waals surface area contributed by atoms with E-state index < -0.39 is 21.1 Å². The molecule has 0 aromatic heterocycles. The Morgan fingerprint density at radius 3 is 2.49 bits per heavy atom. The van der Waals surface area contributed by atoms with Crippen LogP contribution in [0.2, 0.25) is 0 Å². The number of nitro benzene ring substituents is 1. The molecule has 0 aliphatic heterocycles. The summed E-state index contributed by atoms with van der Waals surface area (Å²) in [5.41, 5.74) is 4.52. The fourth-order valence-corrected chi connectivity index (χ4v) is 9.46. The molecule has 3 aromatic carbocycles. The van der Waals surface area contributed by atoms with Crippen LogP contribution in [0.3, 0.4) is 0 Å². The number of hydrogen-bond acceptors (Lipinski definition) is 7. The van der Waals surface area contributed by atoms with Crippen LogP contribution in [0.1, 0.15) is 60.8 Å². The Hall–Kier alpha value is -3.27. The molecule has 3 aliphatic rings. The van der Waals surface area contributed by atoms with E-state index in [0.29, 0.717) is 30.8 Å². The maximum absolute atomic E-state index is 13.6. The van der Waals surface area contributed by atoms with E-state index in [1.807, 2.05) is 6.92 Å². The molecule has 0 bridgehead atoms. The fourth-order valence-electron chi connectivity index (χ4n) is 8.23. The number of aryl methyl sites for hydroxylation is 2. The van der Waals surface area contributed by atoms with Crippen LogP contribution < -0.4 is 10.1 Å². The zero-order valence-corrected chi connectivity index (χ0v) is 25.8. The second kappa shape index (κ2) is 11.7. The highest BCUT2D eigenvalue weighted by atomic mass is 32.2. The summed E-state index contributed by atoms with van der Waals surface area (Å²) in [5, 5.41) is 14.6. The SMILES string of the molecule is COc1ccc2c(c1)CC[C@@H]1[C@@H]2CC[C@@]2(C)[C@H]1C[C@@H](CNCc1ccc([N+](=O)[O-])cc1)[C@@H]2OS(=O)(=O)c1ccc(C)cc1.